The van der Waals surface area contributed by atoms with Crippen LogP contribution in [0.3, 0.4) is 0 Å². The highest BCUT2D eigenvalue weighted by Gasteiger charge is 2.11. The first-order valence-corrected chi connectivity index (χ1v) is 6.37. The van der Waals surface area contributed by atoms with Crippen molar-refractivity contribution in [2.75, 3.05) is 0 Å². The summed E-state index contributed by atoms with van der Waals surface area (Å²) in [6.45, 7) is 0. The summed E-state index contributed by atoms with van der Waals surface area (Å²) >= 11 is 3.01. The monoisotopic (exact) mass is 246 g/mol. The summed E-state index contributed by atoms with van der Waals surface area (Å²) < 4.78 is 2.14. The van der Waals surface area contributed by atoms with Crippen molar-refractivity contribution < 1.29 is 9.59 Å². The lowest BCUT2D eigenvalue weighted by molar-refractivity contribution is 0.109. The summed E-state index contributed by atoms with van der Waals surface area (Å²) in [6, 6.07) is 6.06. The molecule has 0 N–H and O–H groups in total. The van der Waals surface area contributed by atoms with Gasteiger partial charge in [0.15, 0.2) is 12.6 Å². The largest absolute Gasteiger partial charge is 0.298 e. The quantitative estimate of drug-likeness (QED) is 0.645. The Balaban J connectivity index is 2.50. The van der Waals surface area contributed by atoms with E-state index in [-0.39, 0.29) is 0 Å². The fourth-order valence-corrected chi connectivity index (χ4v) is 3.63. The lowest BCUT2D eigenvalue weighted by Gasteiger charge is -1.92. The fraction of sp³-hybridized carbons (Fsp3) is 0. The van der Waals surface area contributed by atoms with Gasteiger partial charge in [-0.25, -0.2) is 0 Å². The molecule has 0 saturated heterocycles. The minimum absolute atomic E-state index is 0.516. The van der Waals surface area contributed by atoms with Crippen LogP contribution >= 0.6 is 22.7 Å². The normalized spacial score (nSPS) is 11.0. The number of thiophene rings is 2. The second-order valence-electron chi connectivity index (χ2n) is 3.42. The summed E-state index contributed by atoms with van der Waals surface area (Å²) in [4.78, 5) is 22.3. The van der Waals surface area contributed by atoms with Gasteiger partial charge in [-0.1, -0.05) is 0 Å². The van der Waals surface area contributed by atoms with Crippen molar-refractivity contribution in [3.8, 4) is 0 Å². The third-order valence-corrected chi connectivity index (χ3v) is 4.53. The number of fused-ring (bicyclic) bond motifs is 2. The number of hydrogen-bond acceptors (Lipinski definition) is 4. The maximum atomic E-state index is 11.0. The van der Waals surface area contributed by atoms with E-state index in [1.54, 1.807) is 11.3 Å². The van der Waals surface area contributed by atoms with Crippen molar-refractivity contribution >= 4 is 55.4 Å². The van der Waals surface area contributed by atoms with Crippen molar-refractivity contribution in [1.29, 1.82) is 0 Å². The minimum atomic E-state index is 0.516. The first kappa shape index (κ1) is 9.69. The number of aldehydes is 2. The lowest BCUT2D eigenvalue weighted by atomic mass is 10.1. The number of carbonyl (C=O) groups excluding carboxylic acids is 2. The molecule has 0 aliphatic heterocycles. The van der Waals surface area contributed by atoms with Crippen molar-refractivity contribution in [3.63, 3.8) is 0 Å². The average molecular weight is 246 g/mol. The molecule has 0 bridgehead atoms. The third-order valence-electron chi connectivity index (χ3n) is 2.56. The van der Waals surface area contributed by atoms with Crippen LogP contribution in [0, 0.1) is 0 Å². The zero-order chi connectivity index (χ0) is 11.1. The molecule has 2 nitrogen and oxygen atoms in total. The van der Waals surface area contributed by atoms with Gasteiger partial charge in [-0.2, -0.15) is 0 Å². The van der Waals surface area contributed by atoms with Crippen LogP contribution in [-0.4, -0.2) is 12.6 Å². The van der Waals surface area contributed by atoms with Crippen LogP contribution in [0.2, 0.25) is 0 Å². The molecule has 0 fully saturated rings. The molecule has 3 aromatic rings. The second kappa shape index (κ2) is 3.50. The molecule has 0 radical (unpaired) electrons. The van der Waals surface area contributed by atoms with E-state index in [2.05, 4.69) is 0 Å². The molecule has 0 spiro atoms. The Morgan fingerprint density at radius 3 is 2.69 bits per heavy atom. The zero-order valence-corrected chi connectivity index (χ0v) is 9.73. The van der Waals surface area contributed by atoms with E-state index in [0.717, 1.165) is 32.7 Å². The SMILES string of the molecule is O=Cc1sc2cc3ccsc3cc2c1C=O. The maximum absolute atomic E-state index is 11.0. The molecule has 0 unspecified atom stereocenters. The Bertz CT molecular complexity index is 706. The van der Waals surface area contributed by atoms with Crippen LogP contribution in [0.5, 0.6) is 0 Å². The maximum Gasteiger partial charge on any atom is 0.160 e. The molecule has 2 aromatic heterocycles. The van der Waals surface area contributed by atoms with Gasteiger partial charge >= 0.3 is 0 Å². The predicted octanol–water partition coefficient (Wildman–Crippen LogP) is 3.74. The molecule has 0 saturated carbocycles. The Morgan fingerprint density at radius 1 is 1.06 bits per heavy atom. The van der Waals surface area contributed by atoms with Crippen molar-refractivity contribution in [3.05, 3.63) is 34.0 Å². The van der Waals surface area contributed by atoms with E-state index in [1.807, 2.05) is 23.6 Å². The molecule has 0 atom stereocenters. The van der Waals surface area contributed by atoms with Gasteiger partial charge in [0.25, 0.3) is 0 Å². The first-order chi connectivity index (χ1) is 7.83. The highest BCUT2D eigenvalue weighted by molar-refractivity contribution is 7.21. The van der Waals surface area contributed by atoms with Gasteiger partial charge in [0.1, 0.15) is 0 Å². The summed E-state index contributed by atoms with van der Waals surface area (Å²) in [5, 5.41) is 4.07. The minimum Gasteiger partial charge on any atom is -0.298 e. The Kier molecular flexibility index (Phi) is 2.12. The third kappa shape index (κ3) is 1.24. The summed E-state index contributed by atoms with van der Waals surface area (Å²) in [6.07, 6.45) is 1.52. The molecular weight excluding hydrogens is 240 g/mol. The molecule has 0 aliphatic rings. The molecule has 4 heteroatoms. The van der Waals surface area contributed by atoms with Gasteiger partial charge in [0, 0.05) is 20.3 Å². The molecule has 3 rings (SSSR count). The van der Waals surface area contributed by atoms with E-state index in [9.17, 15) is 9.59 Å². The topological polar surface area (TPSA) is 34.1 Å². The summed E-state index contributed by atoms with van der Waals surface area (Å²) in [7, 11) is 0. The smallest absolute Gasteiger partial charge is 0.160 e. The van der Waals surface area contributed by atoms with Gasteiger partial charge < -0.3 is 0 Å². The van der Waals surface area contributed by atoms with E-state index in [4.69, 9.17) is 0 Å². The van der Waals surface area contributed by atoms with E-state index in [0.29, 0.717) is 10.4 Å². The predicted molar refractivity (Wildman–Crippen MR) is 68.0 cm³/mol. The fourth-order valence-electron chi connectivity index (χ4n) is 1.80. The van der Waals surface area contributed by atoms with Crippen LogP contribution in [0.1, 0.15) is 20.0 Å². The van der Waals surface area contributed by atoms with E-state index < -0.39 is 0 Å². The zero-order valence-electron chi connectivity index (χ0n) is 8.10. The van der Waals surface area contributed by atoms with E-state index >= 15 is 0 Å². The number of hydrogen-bond donors (Lipinski definition) is 0. The first-order valence-electron chi connectivity index (χ1n) is 4.67. The average Bonchev–Trinajstić information content (AvgIpc) is 2.87. The highest BCUT2D eigenvalue weighted by Crippen LogP contribution is 2.34. The van der Waals surface area contributed by atoms with Crippen LogP contribution in [-0.2, 0) is 0 Å². The van der Waals surface area contributed by atoms with Gasteiger partial charge in [-0.15, -0.1) is 22.7 Å². The molecule has 2 heterocycles. The molecule has 78 valence electrons. The lowest BCUT2D eigenvalue weighted by Crippen LogP contribution is -1.82. The number of rotatable bonds is 2. The Hall–Kier alpha value is -1.52. The van der Waals surface area contributed by atoms with Crippen molar-refractivity contribution in [1.82, 2.24) is 0 Å². The van der Waals surface area contributed by atoms with Gasteiger partial charge in [-0.3, -0.25) is 9.59 Å². The van der Waals surface area contributed by atoms with Crippen LogP contribution < -0.4 is 0 Å². The highest BCUT2D eigenvalue weighted by atomic mass is 32.1. The number of carbonyl (C=O) groups is 2. The van der Waals surface area contributed by atoms with E-state index in [1.165, 1.54) is 11.3 Å². The summed E-state index contributed by atoms with van der Waals surface area (Å²) in [5.41, 5.74) is 0.519. The number of benzene rings is 1. The Morgan fingerprint density at radius 2 is 1.94 bits per heavy atom. The van der Waals surface area contributed by atoms with Gasteiger partial charge in [0.05, 0.1) is 4.88 Å². The van der Waals surface area contributed by atoms with Gasteiger partial charge in [-0.05, 0) is 29.0 Å². The van der Waals surface area contributed by atoms with Crippen molar-refractivity contribution in [2.24, 2.45) is 0 Å². The van der Waals surface area contributed by atoms with Gasteiger partial charge in [0.2, 0.25) is 0 Å². The van der Waals surface area contributed by atoms with Crippen molar-refractivity contribution in [2.45, 2.75) is 0 Å². The van der Waals surface area contributed by atoms with Crippen LogP contribution in [0.4, 0.5) is 0 Å². The standard InChI is InChI=1S/C12H6O2S2/c13-5-9-8-4-10-7(1-2-15-10)3-11(8)16-12(9)6-14/h1-6H. The molecular formula is C12H6O2S2. The molecule has 16 heavy (non-hydrogen) atoms. The molecule has 0 amide bonds. The summed E-state index contributed by atoms with van der Waals surface area (Å²) in [5.74, 6) is 0. The molecule has 0 aliphatic carbocycles. The second-order valence-corrected chi connectivity index (χ2v) is 5.45. The van der Waals surface area contributed by atoms with Crippen LogP contribution in [0.15, 0.2) is 23.6 Å². The molecule has 1 aromatic carbocycles. The Labute approximate surface area is 99.1 Å². The van der Waals surface area contributed by atoms with Crippen LogP contribution in [0.25, 0.3) is 20.2 Å².